The van der Waals surface area contributed by atoms with Crippen molar-refractivity contribution in [2.75, 3.05) is 5.43 Å². The average Bonchev–Trinajstić information content (AvgIpc) is 2.05. The predicted molar refractivity (Wildman–Crippen MR) is 44.1 cm³/mol. The van der Waals surface area contributed by atoms with Crippen LogP contribution in [0, 0.1) is 0 Å². The SMILES string of the molecule is NNc1cc(CF)ccc1Cl. The van der Waals surface area contributed by atoms with E-state index in [1.807, 2.05) is 0 Å². The fraction of sp³-hybridized carbons (Fsp3) is 0.143. The van der Waals surface area contributed by atoms with Crippen molar-refractivity contribution in [2.24, 2.45) is 5.84 Å². The molecule has 3 N–H and O–H groups in total. The van der Waals surface area contributed by atoms with Crippen LogP contribution in [0.5, 0.6) is 0 Å². The van der Waals surface area contributed by atoms with E-state index in [-0.39, 0.29) is 0 Å². The highest BCUT2D eigenvalue weighted by molar-refractivity contribution is 6.33. The molecule has 0 fully saturated rings. The van der Waals surface area contributed by atoms with Gasteiger partial charge in [0, 0.05) is 0 Å². The average molecular weight is 175 g/mol. The summed E-state index contributed by atoms with van der Waals surface area (Å²) in [6.45, 7) is -0.508. The van der Waals surface area contributed by atoms with Crippen LogP contribution in [0.3, 0.4) is 0 Å². The van der Waals surface area contributed by atoms with E-state index in [9.17, 15) is 4.39 Å². The molecule has 0 aliphatic carbocycles. The summed E-state index contributed by atoms with van der Waals surface area (Å²) >= 11 is 5.69. The van der Waals surface area contributed by atoms with Gasteiger partial charge in [0.05, 0.1) is 10.7 Å². The van der Waals surface area contributed by atoms with E-state index in [0.717, 1.165) is 0 Å². The van der Waals surface area contributed by atoms with Crippen LogP contribution in [0.15, 0.2) is 18.2 Å². The Hall–Kier alpha value is -0.800. The van der Waals surface area contributed by atoms with E-state index in [2.05, 4.69) is 5.43 Å². The highest BCUT2D eigenvalue weighted by Crippen LogP contribution is 2.22. The zero-order chi connectivity index (χ0) is 8.27. The Labute approximate surface area is 69.1 Å². The number of nitrogens with one attached hydrogen (secondary N) is 1. The van der Waals surface area contributed by atoms with Crippen molar-refractivity contribution < 1.29 is 4.39 Å². The second-order valence-corrected chi connectivity index (χ2v) is 2.50. The lowest BCUT2D eigenvalue weighted by atomic mass is 10.2. The molecule has 0 bridgehead atoms. The van der Waals surface area contributed by atoms with Gasteiger partial charge in [0.25, 0.3) is 0 Å². The number of hydrogen-bond donors (Lipinski definition) is 2. The smallest absolute Gasteiger partial charge is 0.115 e. The van der Waals surface area contributed by atoms with Crippen molar-refractivity contribution in [2.45, 2.75) is 6.67 Å². The summed E-state index contributed by atoms with van der Waals surface area (Å²) in [5, 5.41) is 0.490. The van der Waals surface area contributed by atoms with Crippen LogP contribution in [0.25, 0.3) is 0 Å². The minimum atomic E-state index is -0.508. The largest absolute Gasteiger partial charge is 0.323 e. The van der Waals surface area contributed by atoms with Crippen LogP contribution in [0.2, 0.25) is 5.02 Å². The number of nitrogens with two attached hydrogens (primary N) is 1. The van der Waals surface area contributed by atoms with E-state index in [1.165, 1.54) is 0 Å². The fourth-order valence-electron chi connectivity index (χ4n) is 0.766. The topological polar surface area (TPSA) is 38.0 Å². The second-order valence-electron chi connectivity index (χ2n) is 2.09. The third-order valence-electron chi connectivity index (χ3n) is 1.34. The fourth-order valence-corrected chi connectivity index (χ4v) is 0.938. The Morgan fingerprint density at radius 3 is 2.82 bits per heavy atom. The molecule has 0 atom stereocenters. The number of hydrazine groups is 1. The molecule has 0 aromatic heterocycles. The van der Waals surface area contributed by atoms with Crippen molar-refractivity contribution in [3.8, 4) is 0 Å². The van der Waals surface area contributed by atoms with Crippen molar-refractivity contribution in [1.82, 2.24) is 0 Å². The summed E-state index contributed by atoms with van der Waals surface area (Å²) in [6.07, 6.45) is 0. The zero-order valence-corrected chi connectivity index (χ0v) is 6.53. The third-order valence-corrected chi connectivity index (χ3v) is 1.67. The minimum absolute atomic E-state index is 0.490. The van der Waals surface area contributed by atoms with E-state index in [4.69, 9.17) is 17.4 Å². The maximum Gasteiger partial charge on any atom is 0.115 e. The standard InChI is InChI=1S/C7H8ClFN2/c8-6-2-1-5(4-9)3-7(6)11-10/h1-3,11H,4,10H2. The minimum Gasteiger partial charge on any atom is -0.323 e. The Morgan fingerprint density at radius 1 is 1.55 bits per heavy atom. The van der Waals surface area contributed by atoms with Crippen molar-refractivity contribution in [3.05, 3.63) is 28.8 Å². The number of anilines is 1. The summed E-state index contributed by atoms with van der Waals surface area (Å²) in [5.74, 6) is 5.12. The van der Waals surface area contributed by atoms with Crippen molar-refractivity contribution >= 4 is 17.3 Å². The van der Waals surface area contributed by atoms with Gasteiger partial charge in [-0.25, -0.2) is 4.39 Å². The number of alkyl halides is 1. The first-order valence-corrected chi connectivity index (χ1v) is 3.46. The monoisotopic (exact) mass is 174 g/mol. The highest BCUT2D eigenvalue weighted by Gasteiger charge is 1.98. The molecule has 4 heteroatoms. The quantitative estimate of drug-likeness (QED) is 0.532. The van der Waals surface area contributed by atoms with Crippen molar-refractivity contribution in [3.63, 3.8) is 0 Å². The molecule has 0 unspecified atom stereocenters. The van der Waals surface area contributed by atoms with E-state index in [0.29, 0.717) is 16.3 Å². The molecule has 60 valence electrons. The molecule has 1 aromatic carbocycles. The maximum absolute atomic E-state index is 12.1. The van der Waals surface area contributed by atoms with Crippen LogP contribution < -0.4 is 11.3 Å². The number of nitrogen functional groups attached to an aromatic ring is 1. The van der Waals surface area contributed by atoms with Gasteiger partial charge in [-0.15, -0.1) is 0 Å². The number of benzene rings is 1. The molecule has 2 nitrogen and oxygen atoms in total. The summed E-state index contributed by atoms with van der Waals surface area (Å²) in [4.78, 5) is 0. The van der Waals surface area contributed by atoms with Gasteiger partial charge in [-0.2, -0.15) is 0 Å². The Kier molecular flexibility index (Phi) is 2.68. The predicted octanol–water partition coefficient (Wildman–Crippen LogP) is 2.10. The van der Waals surface area contributed by atoms with Crippen LogP contribution in [-0.2, 0) is 6.67 Å². The molecule has 1 aromatic rings. The highest BCUT2D eigenvalue weighted by atomic mass is 35.5. The molecule has 1 rings (SSSR count). The van der Waals surface area contributed by atoms with E-state index < -0.39 is 6.67 Å². The summed E-state index contributed by atoms with van der Waals surface area (Å²) in [5.41, 5.74) is 3.47. The zero-order valence-electron chi connectivity index (χ0n) is 5.77. The third kappa shape index (κ3) is 1.82. The molecule has 0 amide bonds. The second kappa shape index (κ2) is 3.55. The molecular formula is C7H8ClFN2. The van der Waals surface area contributed by atoms with Crippen molar-refractivity contribution in [1.29, 1.82) is 0 Å². The first kappa shape index (κ1) is 8.30. The van der Waals surface area contributed by atoms with E-state index >= 15 is 0 Å². The van der Waals surface area contributed by atoms with Gasteiger partial charge >= 0.3 is 0 Å². The van der Waals surface area contributed by atoms with E-state index in [1.54, 1.807) is 18.2 Å². The molecule has 0 spiro atoms. The molecule has 0 aliphatic heterocycles. The molecule has 0 aliphatic rings. The molecule has 0 heterocycles. The first-order valence-electron chi connectivity index (χ1n) is 3.09. The lowest BCUT2D eigenvalue weighted by Gasteiger charge is -2.03. The van der Waals surface area contributed by atoms with Crippen LogP contribution in [0.4, 0.5) is 10.1 Å². The first-order chi connectivity index (χ1) is 5.27. The molecule has 0 saturated carbocycles. The summed E-state index contributed by atoms with van der Waals surface area (Å²) in [7, 11) is 0. The van der Waals surface area contributed by atoms with Gasteiger partial charge in [0.1, 0.15) is 6.67 Å². The van der Waals surface area contributed by atoms with Crippen LogP contribution in [-0.4, -0.2) is 0 Å². The van der Waals surface area contributed by atoms with Gasteiger partial charge in [-0.05, 0) is 17.7 Å². The molecular weight excluding hydrogens is 167 g/mol. The maximum atomic E-state index is 12.1. The lowest BCUT2D eigenvalue weighted by molar-refractivity contribution is 0.485. The summed E-state index contributed by atoms with van der Waals surface area (Å²) in [6, 6.07) is 4.79. The van der Waals surface area contributed by atoms with Gasteiger partial charge < -0.3 is 5.43 Å². The molecule has 0 saturated heterocycles. The normalized spacial score (nSPS) is 9.73. The number of rotatable bonds is 2. The Balaban J connectivity index is 3.02. The van der Waals surface area contributed by atoms with Gasteiger partial charge in [-0.1, -0.05) is 17.7 Å². The van der Waals surface area contributed by atoms with Gasteiger partial charge in [0.15, 0.2) is 0 Å². The van der Waals surface area contributed by atoms with Crippen LogP contribution in [0.1, 0.15) is 5.56 Å². The lowest BCUT2D eigenvalue weighted by Crippen LogP contribution is -2.07. The van der Waals surface area contributed by atoms with Gasteiger partial charge in [0.2, 0.25) is 0 Å². The summed E-state index contributed by atoms with van der Waals surface area (Å²) < 4.78 is 12.1. The number of hydrogen-bond acceptors (Lipinski definition) is 2. The molecule has 11 heavy (non-hydrogen) atoms. The Morgan fingerprint density at radius 2 is 2.27 bits per heavy atom. The molecule has 0 radical (unpaired) electrons. The Bertz CT molecular complexity index is 252. The van der Waals surface area contributed by atoms with Gasteiger partial charge in [-0.3, -0.25) is 5.84 Å². The number of halogens is 2. The van der Waals surface area contributed by atoms with Crippen LogP contribution >= 0.6 is 11.6 Å².